The number of hydrogen-bond donors (Lipinski definition) is 1. The summed E-state index contributed by atoms with van der Waals surface area (Å²) in [6, 6.07) is 6.79. The molecule has 0 amide bonds. The summed E-state index contributed by atoms with van der Waals surface area (Å²) in [6.45, 7) is 11.2. The van der Waals surface area contributed by atoms with Crippen molar-refractivity contribution in [2.45, 2.75) is 46.1 Å². The molecule has 0 aromatic heterocycles. The van der Waals surface area contributed by atoms with Crippen molar-refractivity contribution in [1.29, 1.82) is 0 Å². The van der Waals surface area contributed by atoms with Gasteiger partial charge in [-0.05, 0) is 28.5 Å². The average Bonchev–Trinajstić information content (AvgIpc) is 2.28. The summed E-state index contributed by atoms with van der Waals surface area (Å²) < 4.78 is 0. The lowest BCUT2D eigenvalue weighted by molar-refractivity contribution is 0.556. The molecule has 0 radical (unpaired) electrons. The second kappa shape index (κ2) is 5.71. The van der Waals surface area contributed by atoms with Crippen LogP contribution in [0.15, 0.2) is 30.4 Å². The first-order valence-electron chi connectivity index (χ1n) is 7.10. The molecule has 0 saturated carbocycles. The molecule has 0 aliphatic carbocycles. The van der Waals surface area contributed by atoms with E-state index in [1.165, 1.54) is 11.1 Å². The number of benzene rings is 1. The number of fused-ring (bicyclic) bond motifs is 1. The van der Waals surface area contributed by atoms with Crippen LogP contribution in [0.1, 0.15) is 56.2 Å². The molecular formula is C17H25N. The van der Waals surface area contributed by atoms with Crippen LogP contribution in [0.25, 0.3) is 0 Å². The largest absolute Gasteiger partial charge is 0.309 e. The molecule has 0 bridgehead atoms. The van der Waals surface area contributed by atoms with E-state index in [-0.39, 0.29) is 0 Å². The van der Waals surface area contributed by atoms with Crippen LogP contribution in [-0.2, 0) is 6.54 Å². The van der Waals surface area contributed by atoms with Gasteiger partial charge >= 0.3 is 0 Å². The van der Waals surface area contributed by atoms with Gasteiger partial charge in [-0.2, -0.15) is 0 Å². The van der Waals surface area contributed by atoms with Crippen molar-refractivity contribution < 1.29 is 0 Å². The minimum atomic E-state index is 0.556. The van der Waals surface area contributed by atoms with Crippen molar-refractivity contribution >= 4 is 0 Å². The Morgan fingerprint density at radius 1 is 1.17 bits per heavy atom. The third-order valence-corrected chi connectivity index (χ3v) is 3.82. The van der Waals surface area contributed by atoms with Gasteiger partial charge in [-0.1, -0.05) is 58.0 Å². The van der Waals surface area contributed by atoms with Gasteiger partial charge in [0.15, 0.2) is 0 Å². The van der Waals surface area contributed by atoms with Gasteiger partial charge in [0.1, 0.15) is 0 Å². The lowest BCUT2D eigenvalue weighted by Gasteiger charge is -2.27. The topological polar surface area (TPSA) is 12.0 Å². The van der Waals surface area contributed by atoms with Gasteiger partial charge in [-0.25, -0.2) is 0 Å². The third-order valence-electron chi connectivity index (χ3n) is 3.82. The van der Waals surface area contributed by atoms with Crippen molar-refractivity contribution in [3.8, 4) is 0 Å². The zero-order chi connectivity index (χ0) is 13.1. The standard InChI is InChI=1S/C17H25N/c1-12(2)15-8-5-7-14-11-18-10-6-9-16(13(3)4)17(14)15/h5-9,12-13,16,18H,10-11H2,1-4H3/b9-6-. The van der Waals surface area contributed by atoms with Crippen molar-refractivity contribution in [1.82, 2.24) is 5.32 Å². The Kier molecular flexibility index (Phi) is 4.23. The highest BCUT2D eigenvalue weighted by molar-refractivity contribution is 5.42. The Morgan fingerprint density at radius 2 is 1.94 bits per heavy atom. The number of allylic oxidation sites excluding steroid dienone is 1. The van der Waals surface area contributed by atoms with E-state index in [0.717, 1.165) is 13.1 Å². The van der Waals surface area contributed by atoms with E-state index < -0.39 is 0 Å². The summed E-state index contributed by atoms with van der Waals surface area (Å²) >= 11 is 0. The van der Waals surface area contributed by atoms with Crippen molar-refractivity contribution in [3.63, 3.8) is 0 Å². The van der Waals surface area contributed by atoms with Crippen LogP contribution in [0.3, 0.4) is 0 Å². The lowest BCUT2D eigenvalue weighted by Crippen LogP contribution is -2.20. The van der Waals surface area contributed by atoms with Crippen molar-refractivity contribution in [2.24, 2.45) is 5.92 Å². The highest BCUT2D eigenvalue weighted by Gasteiger charge is 2.21. The maximum absolute atomic E-state index is 3.48. The number of hydrogen-bond acceptors (Lipinski definition) is 1. The first-order chi connectivity index (χ1) is 8.61. The molecule has 1 unspecified atom stereocenters. The lowest BCUT2D eigenvalue weighted by atomic mass is 9.79. The Labute approximate surface area is 111 Å². The first-order valence-corrected chi connectivity index (χ1v) is 7.10. The molecule has 1 heterocycles. The smallest absolute Gasteiger partial charge is 0.0211 e. The average molecular weight is 243 g/mol. The van der Waals surface area contributed by atoms with Crippen LogP contribution in [0.4, 0.5) is 0 Å². The second-order valence-electron chi connectivity index (χ2n) is 5.90. The molecule has 1 aliphatic heterocycles. The Bertz CT molecular complexity index is 429. The predicted octanol–water partition coefficient (Wildman–Crippen LogP) is 4.21. The quantitative estimate of drug-likeness (QED) is 0.767. The maximum Gasteiger partial charge on any atom is 0.0211 e. The summed E-state index contributed by atoms with van der Waals surface area (Å²) in [5.41, 5.74) is 4.55. The van der Waals surface area contributed by atoms with E-state index in [1.54, 1.807) is 5.56 Å². The maximum atomic E-state index is 3.48. The molecular weight excluding hydrogens is 218 g/mol. The van der Waals surface area contributed by atoms with E-state index in [9.17, 15) is 0 Å². The fourth-order valence-corrected chi connectivity index (χ4v) is 2.85. The molecule has 1 atom stereocenters. The van der Waals surface area contributed by atoms with Crippen molar-refractivity contribution in [3.05, 3.63) is 47.0 Å². The van der Waals surface area contributed by atoms with E-state index >= 15 is 0 Å². The summed E-state index contributed by atoms with van der Waals surface area (Å²) in [4.78, 5) is 0. The minimum absolute atomic E-state index is 0.556. The van der Waals surface area contributed by atoms with Gasteiger partial charge in [0.25, 0.3) is 0 Å². The fourth-order valence-electron chi connectivity index (χ4n) is 2.85. The highest BCUT2D eigenvalue weighted by Crippen LogP contribution is 2.35. The molecule has 1 N–H and O–H groups in total. The second-order valence-corrected chi connectivity index (χ2v) is 5.90. The molecule has 1 nitrogen and oxygen atoms in total. The highest BCUT2D eigenvalue weighted by atomic mass is 14.8. The predicted molar refractivity (Wildman–Crippen MR) is 79.0 cm³/mol. The first kappa shape index (κ1) is 13.4. The van der Waals surface area contributed by atoms with Crippen LogP contribution in [0.5, 0.6) is 0 Å². The number of nitrogens with one attached hydrogen (secondary N) is 1. The summed E-state index contributed by atoms with van der Waals surface area (Å²) in [5.74, 6) is 1.80. The van der Waals surface area contributed by atoms with Gasteiger partial charge in [0.2, 0.25) is 0 Å². The zero-order valence-corrected chi connectivity index (χ0v) is 12.0. The minimum Gasteiger partial charge on any atom is -0.309 e. The monoisotopic (exact) mass is 243 g/mol. The van der Waals surface area contributed by atoms with Crippen molar-refractivity contribution in [2.75, 3.05) is 6.54 Å². The van der Waals surface area contributed by atoms with E-state index in [2.05, 4.69) is 63.4 Å². The van der Waals surface area contributed by atoms with Crippen LogP contribution in [-0.4, -0.2) is 6.54 Å². The molecule has 1 aliphatic rings. The number of rotatable bonds is 2. The molecule has 0 saturated heterocycles. The van der Waals surface area contributed by atoms with Gasteiger partial charge in [0, 0.05) is 19.0 Å². The van der Waals surface area contributed by atoms with E-state index in [4.69, 9.17) is 0 Å². The Morgan fingerprint density at radius 3 is 2.61 bits per heavy atom. The summed E-state index contributed by atoms with van der Waals surface area (Å²) in [5, 5.41) is 3.48. The third kappa shape index (κ3) is 2.67. The molecule has 2 rings (SSSR count). The van der Waals surface area contributed by atoms with E-state index in [0.29, 0.717) is 17.8 Å². The summed E-state index contributed by atoms with van der Waals surface area (Å²) in [7, 11) is 0. The molecule has 1 heteroatoms. The normalized spacial score (nSPS) is 21.6. The van der Waals surface area contributed by atoms with Crippen LogP contribution >= 0.6 is 0 Å². The van der Waals surface area contributed by atoms with Crippen LogP contribution in [0.2, 0.25) is 0 Å². The van der Waals surface area contributed by atoms with Crippen LogP contribution in [0, 0.1) is 5.92 Å². The SMILES string of the molecule is CC(C)c1cccc2c1C(C(C)C)/C=C\CNC2. The summed E-state index contributed by atoms with van der Waals surface area (Å²) in [6.07, 6.45) is 4.67. The van der Waals surface area contributed by atoms with Gasteiger partial charge in [-0.15, -0.1) is 0 Å². The molecule has 18 heavy (non-hydrogen) atoms. The van der Waals surface area contributed by atoms with Gasteiger partial charge < -0.3 is 5.32 Å². The van der Waals surface area contributed by atoms with E-state index in [1.807, 2.05) is 0 Å². The van der Waals surface area contributed by atoms with Gasteiger partial charge in [-0.3, -0.25) is 0 Å². The molecule has 0 spiro atoms. The fraction of sp³-hybridized carbons (Fsp3) is 0.529. The zero-order valence-electron chi connectivity index (χ0n) is 12.0. The molecule has 1 aromatic carbocycles. The van der Waals surface area contributed by atoms with Gasteiger partial charge in [0.05, 0.1) is 0 Å². The molecule has 98 valence electrons. The Hall–Kier alpha value is -1.08. The van der Waals surface area contributed by atoms with Crippen LogP contribution < -0.4 is 5.32 Å². The molecule has 0 fully saturated rings. The molecule has 1 aromatic rings. The Balaban J connectivity index is 2.57.